The van der Waals surface area contributed by atoms with Crippen LogP contribution >= 0.6 is 0 Å². The number of morpholine rings is 1. The van der Waals surface area contributed by atoms with Gasteiger partial charge in [-0.15, -0.1) is 6.58 Å². The molecule has 20 heavy (non-hydrogen) atoms. The molecule has 1 atom stereocenters. The predicted molar refractivity (Wildman–Crippen MR) is 74.2 cm³/mol. The Hall–Kier alpha value is -1.85. The van der Waals surface area contributed by atoms with E-state index in [2.05, 4.69) is 6.58 Å². The van der Waals surface area contributed by atoms with E-state index in [0.29, 0.717) is 13.2 Å². The van der Waals surface area contributed by atoms with Gasteiger partial charge in [-0.25, -0.2) is 4.79 Å². The minimum atomic E-state index is -0.897. The van der Waals surface area contributed by atoms with Crippen molar-refractivity contribution < 1.29 is 19.4 Å². The van der Waals surface area contributed by atoms with Crippen molar-refractivity contribution in [3.05, 3.63) is 48.6 Å². The molecule has 108 valence electrons. The van der Waals surface area contributed by atoms with Crippen LogP contribution in [0.3, 0.4) is 0 Å². The molecule has 1 aromatic rings. The Morgan fingerprint density at radius 2 is 2.25 bits per heavy atom. The number of amides is 1. The number of ether oxygens (including phenoxy) is 2. The lowest BCUT2D eigenvalue weighted by molar-refractivity contribution is -0.0613. The van der Waals surface area contributed by atoms with Crippen molar-refractivity contribution in [1.29, 1.82) is 0 Å². The Kier molecular flexibility index (Phi) is 4.76. The Balaban J connectivity index is 2.01. The molecule has 0 aliphatic carbocycles. The SMILES string of the molecule is C=CC1(CO)COCCN1C(=O)OCc1ccccc1. The lowest BCUT2D eigenvalue weighted by Crippen LogP contribution is -2.60. The van der Waals surface area contributed by atoms with Crippen LogP contribution in [-0.4, -0.2) is 48.0 Å². The number of nitrogens with zero attached hydrogens (tertiary/aromatic N) is 1. The standard InChI is InChI=1S/C15H19NO4/c1-2-15(11-17)12-19-9-8-16(15)14(18)20-10-13-6-4-3-5-7-13/h2-7,17H,1,8-12H2. The van der Waals surface area contributed by atoms with Crippen LogP contribution in [0.25, 0.3) is 0 Å². The van der Waals surface area contributed by atoms with Crippen LogP contribution in [0.15, 0.2) is 43.0 Å². The Morgan fingerprint density at radius 3 is 2.90 bits per heavy atom. The molecule has 1 fully saturated rings. The van der Waals surface area contributed by atoms with Crippen LogP contribution in [0.2, 0.25) is 0 Å². The molecule has 1 amide bonds. The highest BCUT2D eigenvalue weighted by molar-refractivity contribution is 5.69. The maximum absolute atomic E-state index is 12.2. The third-order valence-corrected chi connectivity index (χ3v) is 3.43. The van der Waals surface area contributed by atoms with Gasteiger partial charge >= 0.3 is 6.09 Å². The number of hydrogen-bond acceptors (Lipinski definition) is 4. The van der Waals surface area contributed by atoms with E-state index in [1.807, 2.05) is 30.3 Å². The molecule has 1 aromatic carbocycles. The van der Waals surface area contributed by atoms with Crippen molar-refractivity contribution in [2.75, 3.05) is 26.4 Å². The van der Waals surface area contributed by atoms with Crippen LogP contribution in [0.1, 0.15) is 5.56 Å². The van der Waals surface area contributed by atoms with Crippen molar-refractivity contribution in [2.45, 2.75) is 12.1 Å². The minimum absolute atomic E-state index is 0.204. The molecule has 1 N–H and O–H groups in total. The van der Waals surface area contributed by atoms with Gasteiger partial charge in [0.25, 0.3) is 0 Å². The third kappa shape index (κ3) is 3.00. The summed E-state index contributed by atoms with van der Waals surface area (Å²) < 4.78 is 10.6. The molecule has 0 aromatic heterocycles. The van der Waals surface area contributed by atoms with Crippen LogP contribution in [0.4, 0.5) is 4.79 Å². The smallest absolute Gasteiger partial charge is 0.411 e. The van der Waals surface area contributed by atoms with Crippen LogP contribution in [0.5, 0.6) is 0 Å². The Morgan fingerprint density at radius 1 is 1.50 bits per heavy atom. The van der Waals surface area contributed by atoms with Gasteiger partial charge in [-0.1, -0.05) is 36.4 Å². The van der Waals surface area contributed by atoms with Gasteiger partial charge in [0, 0.05) is 6.54 Å². The number of carbonyl (C=O) groups excluding carboxylic acids is 1. The van der Waals surface area contributed by atoms with Crippen LogP contribution in [0, 0.1) is 0 Å². The van der Waals surface area contributed by atoms with Crippen LogP contribution < -0.4 is 0 Å². The highest BCUT2D eigenvalue weighted by Crippen LogP contribution is 2.22. The summed E-state index contributed by atoms with van der Waals surface area (Å²) in [5.41, 5.74) is 0.0220. The molecule has 1 heterocycles. The zero-order valence-corrected chi connectivity index (χ0v) is 11.3. The van der Waals surface area contributed by atoms with Crippen molar-refractivity contribution >= 4 is 6.09 Å². The van der Waals surface area contributed by atoms with Gasteiger partial charge in [0.1, 0.15) is 12.1 Å². The van der Waals surface area contributed by atoms with E-state index in [0.717, 1.165) is 5.56 Å². The molecule has 5 heteroatoms. The first-order valence-corrected chi connectivity index (χ1v) is 6.52. The largest absolute Gasteiger partial charge is 0.445 e. The summed E-state index contributed by atoms with van der Waals surface area (Å²) in [6, 6.07) is 9.46. The summed E-state index contributed by atoms with van der Waals surface area (Å²) in [6.45, 7) is 4.69. The van der Waals surface area contributed by atoms with Crippen LogP contribution in [-0.2, 0) is 16.1 Å². The first kappa shape index (κ1) is 14.6. The van der Waals surface area contributed by atoms with Crippen molar-refractivity contribution in [2.24, 2.45) is 0 Å². The molecule has 5 nitrogen and oxygen atoms in total. The predicted octanol–water partition coefficient (Wildman–Crippen LogP) is 1.57. The minimum Gasteiger partial charge on any atom is -0.445 e. The van der Waals surface area contributed by atoms with Gasteiger partial charge in [0.15, 0.2) is 0 Å². The molecule has 2 rings (SSSR count). The summed E-state index contributed by atoms with van der Waals surface area (Å²) in [5, 5.41) is 9.55. The molecule has 0 bridgehead atoms. The first-order chi connectivity index (χ1) is 9.72. The number of benzene rings is 1. The number of aliphatic hydroxyl groups is 1. The summed E-state index contributed by atoms with van der Waals surface area (Å²) >= 11 is 0. The van der Waals surface area contributed by atoms with E-state index in [1.54, 1.807) is 0 Å². The fourth-order valence-electron chi connectivity index (χ4n) is 2.14. The second kappa shape index (κ2) is 6.54. The fraction of sp³-hybridized carbons (Fsp3) is 0.400. The van der Waals surface area contributed by atoms with E-state index >= 15 is 0 Å². The molecular formula is C15H19NO4. The number of carbonyl (C=O) groups is 1. The van der Waals surface area contributed by atoms with Gasteiger partial charge in [-0.05, 0) is 5.56 Å². The maximum atomic E-state index is 12.2. The molecule has 0 radical (unpaired) electrons. The number of aliphatic hydroxyl groups excluding tert-OH is 1. The lowest BCUT2D eigenvalue weighted by Gasteiger charge is -2.42. The number of hydrogen-bond donors (Lipinski definition) is 1. The van der Waals surface area contributed by atoms with E-state index in [1.165, 1.54) is 11.0 Å². The van der Waals surface area contributed by atoms with E-state index in [4.69, 9.17) is 9.47 Å². The average Bonchev–Trinajstić information content (AvgIpc) is 2.53. The lowest BCUT2D eigenvalue weighted by atomic mass is 9.99. The Bertz CT molecular complexity index is 462. The van der Waals surface area contributed by atoms with E-state index < -0.39 is 11.6 Å². The molecule has 1 aliphatic heterocycles. The zero-order chi connectivity index (χ0) is 14.4. The second-order valence-corrected chi connectivity index (χ2v) is 4.71. The second-order valence-electron chi connectivity index (χ2n) is 4.71. The highest BCUT2D eigenvalue weighted by atomic mass is 16.6. The van der Waals surface area contributed by atoms with E-state index in [9.17, 15) is 9.90 Å². The van der Waals surface area contributed by atoms with Crippen molar-refractivity contribution in [3.8, 4) is 0 Å². The summed E-state index contributed by atoms with van der Waals surface area (Å²) in [6.07, 6.45) is 1.07. The normalized spacial score (nSPS) is 22.4. The van der Waals surface area contributed by atoms with Gasteiger partial charge in [0.2, 0.25) is 0 Å². The van der Waals surface area contributed by atoms with Gasteiger partial charge in [-0.2, -0.15) is 0 Å². The van der Waals surface area contributed by atoms with Crippen molar-refractivity contribution in [3.63, 3.8) is 0 Å². The maximum Gasteiger partial charge on any atom is 0.411 e. The van der Waals surface area contributed by atoms with E-state index in [-0.39, 0.29) is 19.8 Å². The highest BCUT2D eigenvalue weighted by Gasteiger charge is 2.40. The van der Waals surface area contributed by atoms with Gasteiger partial charge < -0.3 is 14.6 Å². The summed E-state index contributed by atoms with van der Waals surface area (Å²) in [7, 11) is 0. The first-order valence-electron chi connectivity index (χ1n) is 6.52. The molecule has 0 spiro atoms. The quantitative estimate of drug-likeness (QED) is 0.849. The molecular weight excluding hydrogens is 258 g/mol. The molecule has 0 saturated carbocycles. The van der Waals surface area contributed by atoms with Gasteiger partial charge in [0.05, 0.1) is 19.8 Å². The summed E-state index contributed by atoms with van der Waals surface area (Å²) in [4.78, 5) is 13.7. The molecule has 1 unspecified atom stereocenters. The zero-order valence-electron chi connectivity index (χ0n) is 11.3. The topological polar surface area (TPSA) is 59.0 Å². The van der Waals surface area contributed by atoms with Gasteiger partial charge in [-0.3, -0.25) is 4.90 Å². The number of rotatable bonds is 4. The molecule has 1 aliphatic rings. The fourth-order valence-corrected chi connectivity index (χ4v) is 2.14. The monoisotopic (exact) mass is 277 g/mol. The van der Waals surface area contributed by atoms with Crippen molar-refractivity contribution in [1.82, 2.24) is 4.90 Å². The average molecular weight is 277 g/mol. The Labute approximate surface area is 118 Å². The third-order valence-electron chi connectivity index (χ3n) is 3.43. The molecule has 1 saturated heterocycles. The summed E-state index contributed by atoms with van der Waals surface area (Å²) in [5.74, 6) is 0.